The smallest absolute Gasteiger partial charge is 0.263 e. The van der Waals surface area contributed by atoms with Crippen molar-refractivity contribution in [3.63, 3.8) is 0 Å². The molecule has 0 N–H and O–H groups in total. The number of hydrogen-bond acceptors (Lipinski definition) is 2. The van der Waals surface area contributed by atoms with Crippen LogP contribution in [0.3, 0.4) is 0 Å². The maximum absolute atomic E-state index is 13.3. The first-order chi connectivity index (χ1) is 13.0. The van der Waals surface area contributed by atoms with Crippen molar-refractivity contribution in [1.82, 2.24) is 14.1 Å². The maximum Gasteiger partial charge on any atom is 0.263 e. The molecule has 2 heterocycles. The van der Waals surface area contributed by atoms with Crippen LogP contribution in [0, 0.1) is 5.82 Å². The molecule has 0 bridgehead atoms. The van der Waals surface area contributed by atoms with E-state index in [0.29, 0.717) is 16.1 Å². The number of fused-ring (bicyclic) bond motifs is 1. The fraction of sp³-hybridized carbons (Fsp3) is 0.143. The summed E-state index contributed by atoms with van der Waals surface area (Å²) in [5.41, 5.74) is 2.79. The highest BCUT2D eigenvalue weighted by molar-refractivity contribution is 6.30. The third-order valence-corrected chi connectivity index (χ3v) is 4.80. The minimum Gasteiger partial charge on any atom is -0.300 e. The summed E-state index contributed by atoms with van der Waals surface area (Å²) in [7, 11) is 0. The van der Waals surface area contributed by atoms with Gasteiger partial charge in [0.2, 0.25) is 0 Å². The van der Waals surface area contributed by atoms with E-state index in [0.717, 1.165) is 16.8 Å². The zero-order chi connectivity index (χ0) is 19.1. The van der Waals surface area contributed by atoms with E-state index in [1.165, 1.54) is 12.1 Å². The molecule has 0 saturated heterocycles. The molecule has 0 spiro atoms. The number of nitrogens with zero attached hydrogens (tertiary/aromatic N) is 3. The van der Waals surface area contributed by atoms with Crippen LogP contribution in [-0.2, 0) is 0 Å². The molecule has 0 aliphatic carbocycles. The summed E-state index contributed by atoms with van der Waals surface area (Å²) in [6, 6.07) is 13.4. The average Bonchev–Trinajstić information content (AvgIpc) is 3.03. The van der Waals surface area contributed by atoms with Crippen LogP contribution in [0.2, 0.25) is 5.02 Å². The molecule has 6 heteroatoms. The summed E-state index contributed by atoms with van der Waals surface area (Å²) in [5, 5.41) is 1.15. The molecular weight excluding hydrogens is 365 g/mol. The molecule has 0 amide bonds. The first kappa shape index (κ1) is 17.5. The van der Waals surface area contributed by atoms with E-state index in [4.69, 9.17) is 11.6 Å². The second kappa shape index (κ2) is 6.67. The first-order valence-corrected chi connectivity index (χ1v) is 8.97. The summed E-state index contributed by atoms with van der Waals surface area (Å²) in [5.74, 6) is -0.316. The van der Waals surface area contributed by atoms with Crippen molar-refractivity contribution >= 4 is 22.6 Å². The van der Waals surface area contributed by atoms with Crippen LogP contribution in [0.15, 0.2) is 65.8 Å². The molecule has 0 saturated carbocycles. The minimum atomic E-state index is -0.316. The van der Waals surface area contributed by atoms with Crippen molar-refractivity contribution in [2.45, 2.75) is 19.9 Å². The van der Waals surface area contributed by atoms with Crippen LogP contribution < -0.4 is 5.56 Å². The highest BCUT2D eigenvalue weighted by Crippen LogP contribution is 2.30. The van der Waals surface area contributed by atoms with E-state index in [1.54, 1.807) is 35.2 Å². The summed E-state index contributed by atoms with van der Waals surface area (Å²) >= 11 is 6.01. The van der Waals surface area contributed by atoms with Gasteiger partial charge in [-0.1, -0.05) is 23.7 Å². The molecule has 4 aromatic rings. The summed E-state index contributed by atoms with van der Waals surface area (Å²) in [6.07, 6.45) is 3.42. The molecule has 2 aromatic carbocycles. The van der Waals surface area contributed by atoms with Gasteiger partial charge in [0.05, 0.1) is 5.39 Å². The van der Waals surface area contributed by atoms with Gasteiger partial charge in [0, 0.05) is 28.5 Å². The van der Waals surface area contributed by atoms with Gasteiger partial charge in [0.1, 0.15) is 12.1 Å². The van der Waals surface area contributed by atoms with Crippen molar-refractivity contribution in [3.05, 3.63) is 82.2 Å². The Bertz CT molecular complexity index is 1180. The van der Waals surface area contributed by atoms with Crippen LogP contribution in [0.4, 0.5) is 4.39 Å². The Morgan fingerprint density at radius 1 is 1.04 bits per heavy atom. The lowest BCUT2D eigenvalue weighted by Crippen LogP contribution is -2.22. The molecule has 4 rings (SSSR count). The maximum atomic E-state index is 13.3. The fourth-order valence-corrected chi connectivity index (χ4v) is 3.27. The largest absolute Gasteiger partial charge is 0.300 e. The normalized spacial score (nSPS) is 11.4. The van der Waals surface area contributed by atoms with Crippen LogP contribution in [0.5, 0.6) is 0 Å². The number of benzene rings is 2. The highest BCUT2D eigenvalue weighted by atomic mass is 35.5. The van der Waals surface area contributed by atoms with E-state index >= 15 is 0 Å². The van der Waals surface area contributed by atoms with Crippen molar-refractivity contribution in [2.24, 2.45) is 0 Å². The van der Waals surface area contributed by atoms with Gasteiger partial charge in [0.15, 0.2) is 5.65 Å². The van der Waals surface area contributed by atoms with Crippen molar-refractivity contribution < 1.29 is 4.39 Å². The molecule has 136 valence electrons. The van der Waals surface area contributed by atoms with Crippen molar-refractivity contribution in [1.29, 1.82) is 0 Å². The van der Waals surface area contributed by atoms with E-state index < -0.39 is 0 Å². The summed E-state index contributed by atoms with van der Waals surface area (Å²) in [4.78, 5) is 17.7. The van der Waals surface area contributed by atoms with Gasteiger partial charge < -0.3 is 4.57 Å². The lowest BCUT2D eigenvalue weighted by atomic mass is 10.1. The van der Waals surface area contributed by atoms with Gasteiger partial charge >= 0.3 is 0 Å². The van der Waals surface area contributed by atoms with Gasteiger partial charge in [-0.25, -0.2) is 9.37 Å². The van der Waals surface area contributed by atoms with E-state index in [9.17, 15) is 9.18 Å². The van der Waals surface area contributed by atoms with Gasteiger partial charge in [-0.05, 0) is 55.8 Å². The van der Waals surface area contributed by atoms with Crippen molar-refractivity contribution in [3.8, 4) is 16.8 Å². The van der Waals surface area contributed by atoms with Crippen LogP contribution in [0.25, 0.3) is 27.8 Å². The molecular formula is C21H17ClFN3O. The van der Waals surface area contributed by atoms with Gasteiger partial charge in [0.25, 0.3) is 5.56 Å². The lowest BCUT2D eigenvalue weighted by molar-refractivity contribution is 0.573. The third kappa shape index (κ3) is 3.04. The Labute approximate surface area is 160 Å². The molecule has 27 heavy (non-hydrogen) atoms. The predicted octanol–water partition coefficient (Wildman–Crippen LogP) is 5.23. The molecule has 0 unspecified atom stereocenters. The fourth-order valence-electron chi connectivity index (χ4n) is 3.15. The molecule has 0 aliphatic heterocycles. The summed E-state index contributed by atoms with van der Waals surface area (Å²) in [6.45, 7) is 3.88. The van der Waals surface area contributed by atoms with E-state index in [1.807, 2.05) is 36.7 Å². The van der Waals surface area contributed by atoms with Crippen LogP contribution in [0.1, 0.15) is 19.9 Å². The SMILES string of the molecule is CC(C)n1cnc2c(c(-c3ccc(Cl)cc3)cn2-c2ccc(F)cc2)c1=O. The number of aromatic nitrogens is 3. The standard InChI is InChI=1S/C21H17ClFN3O/c1-13(2)26-12-24-20-19(21(26)27)18(14-3-5-15(22)6-4-14)11-25(20)17-9-7-16(23)8-10-17/h3-13H,1-2H3. The van der Waals surface area contributed by atoms with Crippen LogP contribution >= 0.6 is 11.6 Å². The van der Waals surface area contributed by atoms with E-state index in [2.05, 4.69) is 4.98 Å². The monoisotopic (exact) mass is 381 g/mol. The Hall–Kier alpha value is -2.92. The quantitative estimate of drug-likeness (QED) is 0.487. The predicted molar refractivity (Wildman–Crippen MR) is 106 cm³/mol. The number of hydrogen-bond donors (Lipinski definition) is 0. The molecule has 0 aliphatic rings. The summed E-state index contributed by atoms with van der Waals surface area (Å²) < 4.78 is 16.8. The number of rotatable bonds is 3. The van der Waals surface area contributed by atoms with Gasteiger partial charge in [-0.15, -0.1) is 0 Å². The second-order valence-corrected chi connectivity index (χ2v) is 7.08. The third-order valence-electron chi connectivity index (χ3n) is 4.55. The molecule has 0 fully saturated rings. The first-order valence-electron chi connectivity index (χ1n) is 8.60. The zero-order valence-corrected chi connectivity index (χ0v) is 15.6. The zero-order valence-electron chi connectivity index (χ0n) is 14.9. The van der Waals surface area contributed by atoms with Gasteiger partial charge in [-0.3, -0.25) is 9.36 Å². The molecule has 0 atom stereocenters. The Kier molecular flexibility index (Phi) is 4.32. The highest BCUT2D eigenvalue weighted by Gasteiger charge is 2.18. The number of halogens is 2. The Morgan fingerprint density at radius 2 is 1.70 bits per heavy atom. The molecule has 4 nitrogen and oxygen atoms in total. The molecule has 0 radical (unpaired) electrons. The van der Waals surface area contributed by atoms with Gasteiger partial charge in [-0.2, -0.15) is 0 Å². The Morgan fingerprint density at radius 3 is 2.33 bits per heavy atom. The lowest BCUT2D eigenvalue weighted by Gasteiger charge is -2.10. The second-order valence-electron chi connectivity index (χ2n) is 6.65. The minimum absolute atomic E-state index is 0.0124. The van der Waals surface area contributed by atoms with E-state index in [-0.39, 0.29) is 17.4 Å². The average molecular weight is 382 g/mol. The topological polar surface area (TPSA) is 39.8 Å². The van der Waals surface area contributed by atoms with Crippen molar-refractivity contribution in [2.75, 3.05) is 0 Å². The Balaban J connectivity index is 2.06. The van der Waals surface area contributed by atoms with Crippen LogP contribution in [-0.4, -0.2) is 14.1 Å². The molecule has 2 aromatic heterocycles.